The molecule has 0 spiro atoms. The summed E-state index contributed by atoms with van der Waals surface area (Å²) in [5.41, 5.74) is 1.78. The van der Waals surface area contributed by atoms with Gasteiger partial charge in [-0.05, 0) is 42.3 Å². The molecule has 0 amide bonds. The summed E-state index contributed by atoms with van der Waals surface area (Å²) in [5.74, 6) is -0.0622. The van der Waals surface area contributed by atoms with E-state index in [9.17, 15) is 13.2 Å². The molecule has 3 rings (SSSR count). The highest BCUT2D eigenvalue weighted by Crippen LogP contribution is 2.29. The van der Waals surface area contributed by atoms with Crippen molar-refractivity contribution in [3.63, 3.8) is 0 Å². The number of nitrogens with zero attached hydrogens (tertiary/aromatic N) is 1. The van der Waals surface area contributed by atoms with Crippen LogP contribution in [0.25, 0.3) is 10.9 Å². The summed E-state index contributed by atoms with van der Waals surface area (Å²) >= 11 is 0. The third-order valence-electron chi connectivity index (χ3n) is 4.30. The lowest BCUT2D eigenvalue weighted by Crippen LogP contribution is -2.09. The summed E-state index contributed by atoms with van der Waals surface area (Å²) in [5, 5.41) is 0.879. The first-order valence-corrected chi connectivity index (χ1v) is 10.4. The highest BCUT2D eigenvalue weighted by molar-refractivity contribution is 7.90. The summed E-state index contributed by atoms with van der Waals surface area (Å²) in [6, 6.07) is 13.9. The summed E-state index contributed by atoms with van der Waals surface area (Å²) in [6.07, 6.45) is 2.65. The van der Waals surface area contributed by atoms with E-state index >= 15 is 0 Å². The molecule has 27 heavy (non-hydrogen) atoms. The second-order valence-corrected chi connectivity index (χ2v) is 8.29. The molecule has 0 saturated heterocycles. The summed E-state index contributed by atoms with van der Waals surface area (Å²) in [6.45, 7) is 1.91. The SMILES string of the molecule is CCCC(=O)c1ccc(OC)c(S(=O)(=O)Cc2cnc3ccccc3c2)c1. The summed E-state index contributed by atoms with van der Waals surface area (Å²) in [7, 11) is -2.30. The molecule has 0 saturated carbocycles. The molecule has 140 valence electrons. The first kappa shape index (κ1) is 19.0. The first-order chi connectivity index (χ1) is 12.9. The van der Waals surface area contributed by atoms with Crippen LogP contribution in [0, 0.1) is 0 Å². The van der Waals surface area contributed by atoms with Gasteiger partial charge in [-0.2, -0.15) is 0 Å². The van der Waals surface area contributed by atoms with Crippen molar-refractivity contribution in [1.82, 2.24) is 4.98 Å². The lowest BCUT2D eigenvalue weighted by atomic mass is 10.1. The van der Waals surface area contributed by atoms with Crippen molar-refractivity contribution in [2.24, 2.45) is 0 Å². The number of hydrogen-bond acceptors (Lipinski definition) is 5. The molecule has 1 heterocycles. The normalized spacial score (nSPS) is 11.5. The number of carbonyl (C=O) groups is 1. The quantitative estimate of drug-likeness (QED) is 0.572. The minimum Gasteiger partial charge on any atom is -0.495 e. The van der Waals surface area contributed by atoms with Crippen molar-refractivity contribution in [3.05, 3.63) is 65.9 Å². The van der Waals surface area contributed by atoms with Crippen LogP contribution in [-0.2, 0) is 15.6 Å². The smallest absolute Gasteiger partial charge is 0.186 e. The van der Waals surface area contributed by atoms with Gasteiger partial charge < -0.3 is 4.74 Å². The van der Waals surface area contributed by atoms with Crippen molar-refractivity contribution in [2.45, 2.75) is 30.4 Å². The number of ether oxygens (including phenoxy) is 1. The van der Waals surface area contributed by atoms with Gasteiger partial charge in [0.15, 0.2) is 15.6 Å². The topological polar surface area (TPSA) is 73.3 Å². The van der Waals surface area contributed by atoms with Gasteiger partial charge in [0.2, 0.25) is 0 Å². The van der Waals surface area contributed by atoms with Gasteiger partial charge in [-0.1, -0.05) is 25.1 Å². The molecule has 6 heteroatoms. The standard InChI is InChI=1S/C21H21NO4S/c1-3-6-19(23)17-9-10-20(26-2)21(12-17)27(24,25)14-15-11-16-7-4-5-8-18(16)22-13-15/h4-5,7-13H,3,6,14H2,1-2H3. The van der Waals surface area contributed by atoms with Gasteiger partial charge in [0, 0.05) is 23.6 Å². The summed E-state index contributed by atoms with van der Waals surface area (Å²) < 4.78 is 31.3. The number of fused-ring (bicyclic) bond motifs is 1. The van der Waals surface area contributed by atoms with Gasteiger partial charge in [0.25, 0.3) is 0 Å². The van der Waals surface area contributed by atoms with Crippen molar-refractivity contribution in [1.29, 1.82) is 0 Å². The van der Waals surface area contributed by atoms with Gasteiger partial charge in [-0.25, -0.2) is 8.42 Å². The van der Waals surface area contributed by atoms with E-state index < -0.39 is 9.84 Å². The van der Waals surface area contributed by atoms with Crippen LogP contribution in [0.3, 0.4) is 0 Å². The Morgan fingerprint density at radius 1 is 1.11 bits per heavy atom. The molecule has 5 nitrogen and oxygen atoms in total. The molecule has 0 aliphatic rings. The number of Topliss-reactive ketones (excluding diaryl/α,β-unsaturated/α-hetero) is 1. The molecule has 0 fully saturated rings. The Morgan fingerprint density at radius 3 is 2.63 bits per heavy atom. The Bertz CT molecular complexity index is 1090. The Labute approximate surface area is 158 Å². The van der Waals surface area contributed by atoms with E-state index in [1.54, 1.807) is 12.3 Å². The number of methoxy groups -OCH3 is 1. The van der Waals surface area contributed by atoms with E-state index in [4.69, 9.17) is 4.74 Å². The second-order valence-electron chi connectivity index (χ2n) is 6.33. The number of benzene rings is 2. The van der Waals surface area contributed by atoms with E-state index in [1.807, 2.05) is 37.3 Å². The third kappa shape index (κ3) is 4.17. The minimum atomic E-state index is -3.71. The fourth-order valence-corrected chi connectivity index (χ4v) is 4.47. The largest absolute Gasteiger partial charge is 0.495 e. The Balaban J connectivity index is 1.99. The third-order valence-corrected chi connectivity index (χ3v) is 6.00. The number of rotatable bonds is 7. The van der Waals surface area contributed by atoms with Crippen LogP contribution in [0.4, 0.5) is 0 Å². The van der Waals surface area contributed by atoms with E-state index in [1.165, 1.54) is 19.2 Å². The molecule has 0 N–H and O–H groups in total. The fourth-order valence-electron chi connectivity index (χ4n) is 2.96. The number of pyridine rings is 1. The number of ketones is 1. The van der Waals surface area contributed by atoms with Crippen LogP contribution in [0.2, 0.25) is 0 Å². The zero-order valence-corrected chi connectivity index (χ0v) is 16.1. The Hall–Kier alpha value is -2.73. The first-order valence-electron chi connectivity index (χ1n) is 8.72. The average Bonchev–Trinajstić information content (AvgIpc) is 2.67. The monoisotopic (exact) mass is 383 g/mol. The van der Waals surface area contributed by atoms with Gasteiger partial charge >= 0.3 is 0 Å². The Kier molecular flexibility index (Phi) is 5.56. The fraction of sp³-hybridized carbons (Fsp3) is 0.238. The van der Waals surface area contributed by atoms with Crippen molar-refractivity contribution in [2.75, 3.05) is 7.11 Å². The maximum absolute atomic E-state index is 13.0. The van der Waals surface area contributed by atoms with E-state index in [2.05, 4.69) is 4.98 Å². The average molecular weight is 383 g/mol. The molecule has 0 aliphatic carbocycles. The molecule has 1 aromatic heterocycles. The van der Waals surface area contributed by atoms with Crippen molar-refractivity contribution in [3.8, 4) is 5.75 Å². The molecule has 2 aromatic carbocycles. The minimum absolute atomic E-state index is 0.0279. The van der Waals surface area contributed by atoms with E-state index in [-0.39, 0.29) is 22.2 Å². The summed E-state index contributed by atoms with van der Waals surface area (Å²) in [4.78, 5) is 16.5. The molecule has 3 aromatic rings. The maximum Gasteiger partial charge on any atom is 0.186 e. The van der Waals surface area contributed by atoms with Crippen molar-refractivity contribution < 1.29 is 17.9 Å². The number of carbonyl (C=O) groups excluding carboxylic acids is 1. The van der Waals surface area contributed by atoms with Crippen LogP contribution < -0.4 is 4.74 Å². The van der Waals surface area contributed by atoms with E-state index in [0.717, 1.165) is 10.9 Å². The van der Waals surface area contributed by atoms with Gasteiger partial charge in [-0.15, -0.1) is 0 Å². The van der Waals surface area contributed by atoms with Gasteiger partial charge in [0.05, 0.1) is 18.4 Å². The number of para-hydroxylation sites is 1. The molecule has 0 atom stereocenters. The predicted octanol–water partition coefficient (Wildman–Crippen LogP) is 4.20. The molecule has 0 radical (unpaired) electrons. The number of hydrogen-bond donors (Lipinski definition) is 0. The van der Waals surface area contributed by atoms with E-state index in [0.29, 0.717) is 24.0 Å². The van der Waals surface area contributed by atoms with Crippen LogP contribution in [0.5, 0.6) is 5.75 Å². The van der Waals surface area contributed by atoms with Crippen LogP contribution in [0.1, 0.15) is 35.7 Å². The van der Waals surface area contributed by atoms with Crippen LogP contribution in [-0.4, -0.2) is 26.3 Å². The molecule has 0 aliphatic heterocycles. The second kappa shape index (κ2) is 7.88. The Morgan fingerprint density at radius 2 is 1.89 bits per heavy atom. The van der Waals surface area contributed by atoms with Crippen molar-refractivity contribution >= 4 is 26.5 Å². The zero-order valence-electron chi connectivity index (χ0n) is 15.3. The number of sulfone groups is 1. The van der Waals surface area contributed by atoms with Gasteiger partial charge in [-0.3, -0.25) is 9.78 Å². The molecular formula is C21H21NO4S. The van der Waals surface area contributed by atoms with Crippen LogP contribution >= 0.6 is 0 Å². The highest BCUT2D eigenvalue weighted by Gasteiger charge is 2.22. The lowest BCUT2D eigenvalue weighted by Gasteiger charge is -2.12. The maximum atomic E-state index is 13.0. The van der Waals surface area contributed by atoms with Gasteiger partial charge in [0.1, 0.15) is 10.6 Å². The number of aromatic nitrogens is 1. The molecule has 0 bridgehead atoms. The van der Waals surface area contributed by atoms with Crippen LogP contribution in [0.15, 0.2) is 59.6 Å². The zero-order chi connectivity index (χ0) is 19.4. The highest BCUT2D eigenvalue weighted by atomic mass is 32.2. The predicted molar refractivity (Wildman–Crippen MR) is 105 cm³/mol. The lowest BCUT2D eigenvalue weighted by molar-refractivity contribution is 0.0981. The molecule has 0 unspecified atom stereocenters. The molecular weight excluding hydrogens is 362 g/mol.